The Morgan fingerprint density at radius 2 is 2.00 bits per heavy atom. The Morgan fingerprint density at radius 3 is 2.40 bits per heavy atom. The molecule has 2 N–H and O–H groups in total. The number of hydrogen-bond acceptors (Lipinski definition) is 3. The molecule has 0 heterocycles. The van der Waals surface area contributed by atoms with Gasteiger partial charge in [-0.1, -0.05) is 6.08 Å². The molecule has 0 bridgehead atoms. The van der Waals surface area contributed by atoms with Gasteiger partial charge in [-0.2, -0.15) is 0 Å². The summed E-state index contributed by atoms with van der Waals surface area (Å²) in [6.45, 7) is 0.663. The minimum absolute atomic E-state index is 0.230. The lowest BCUT2D eigenvalue weighted by Crippen LogP contribution is -2.08. The van der Waals surface area contributed by atoms with Crippen molar-refractivity contribution in [1.29, 1.82) is 0 Å². The highest BCUT2D eigenvalue weighted by atomic mass is 16.7. The lowest BCUT2D eigenvalue weighted by atomic mass is 10.4. The van der Waals surface area contributed by atoms with E-state index in [-0.39, 0.29) is 6.29 Å². The molecule has 0 unspecified atom stereocenters. The van der Waals surface area contributed by atoms with Crippen LogP contribution in [-0.4, -0.2) is 27.1 Å². The second-order valence-corrected chi connectivity index (χ2v) is 1.85. The second kappa shape index (κ2) is 6.74. The molecule has 0 saturated heterocycles. The van der Waals surface area contributed by atoms with E-state index < -0.39 is 0 Å². The summed E-state index contributed by atoms with van der Waals surface area (Å²) in [6.07, 6.45) is 4.42. The van der Waals surface area contributed by atoms with Gasteiger partial charge >= 0.3 is 0 Å². The summed E-state index contributed by atoms with van der Waals surface area (Å²) in [7, 11) is 3.20. The zero-order chi connectivity index (χ0) is 7.82. The fourth-order valence-corrected chi connectivity index (χ4v) is 0.557. The van der Waals surface area contributed by atoms with Crippen molar-refractivity contribution in [1.82, 2.24) is 0 Å². The van der Waals surface area contributed by atoms with Crippen LogP contribution in [0, 0.1) is 0 Å². The number of ether oxygens (including phenoxy) is 2. The molecule has 0 rings (SSSR count). The van der Waals surface area contributed by atoms with E-state index >= 15 is 0 Å². The molecule has 0 aromatic carbocycles. The highest BCUT2D eigenvalue weighted by Crippen LogP contribution is 1.93. The molecule has 0 amide bonds. The van der Waals surface area contributed by atoms with Crippen LogP contribution in [0.5, 0.6) is 0 Å². The third-order valence-corrected chi connectivity index (χ3v) is 1.09. The van der Waals surface area contributed by atoms with E-state index in [0.717, 1.165) is 6.42 Å². The van der Waals surface area contributed by atoms with Crippen molar-refractivity contribution < 1.29 is 9.47 Å². The molecule has 0 spiro atoms. The fraction of sp³-hybridized carbons (Fsp3) is 0.714. The van der Waals surface area contributed by atoms with Crippen molar-refractivity contribution >= 4 is 0 Å². The molecule has 3 nitrogen and oxygen atoms in total. The van der Waals surface area contributed by atoms with E-state index in [4.69, 9.17) is 15.2 Å². The van der Waals surface area contributed by atoms with Crippen molar-refractivity contribution in [2.24, 2.45) is 5.73 Å². The second-order valence-electron chi connectivity index (χ2n) is 1.85. The van der Waals surface area contributed by atoms with E-state index in [0.29, 0.717) is 6.54 Å². The minimum atomic E-state index is -0.230. The van der Waals surface area contributed by atoms with Gasteiger partial charge in [0, 0.05) is 14.2 Å². The Morgan fingerprint density at radius 1 is 1.40 bits per heavy atom. The molecule has 0 aliphatic heterocycles. The average Bonchev–Trinajstić information content (AvgIpc) is 1.99. The molecule has 3 heteroatoms. The number of rotatable bonds is 5. The van der Waals surface area contributed by atoms with Gasteiger partial charge in [0.25, 0.3) is 0 Å². The normalized spacial score (nSPS) is 11.6. The smallest absolute Gasteiger partial charge is 0.176 e. The topological polar surface area (TPSA) is 44.5 Å². The Kier molecular flexibility index (Phi) is 6.48. The molecular weight excluding hydrogens is 130 g/mol. The zero-order valence-corrected chi connectivity index (χ0v) is 6.54. The Balaban J connectivity index is 3.40. The minimum Gasteiger partial charge on any atom is -0.352 e. The highest BCUT2D eigenvalue weighted by molar-refractivity contribution is 4.84. The monoisotopic (exact) mass is 145 g/mol. The van der Waals surface area contributed by atoms with Crippen LogP contribution in [0.25, 0.3) is 0 Å². The van der Waals surface area contributed by atoms with Crippen LogP contribution in [0.2, 0.25) is 0 Å². The van der Waals surface area contributed by atoms with Gasteiger partial charge in [-0.25, -0.2) is 0 Å². The number of hydrogen-bond donors (Lipinski definition) is 1. The fourth-order valence-electron chi connectivity index (χ4n) is 0.557. The van der Waals surface area contributed by atoms with Crippen molar-refractivity contribution in [3.63, 3.8) is 0 Å². The lowest BCUT2D eigenvalue weighted by molar-refractivity contribution is -0.0667. The standard InChI is InChI=1S/C7H15NO2/c1-9-7(10-2)5-3-4-6-8/h3,5,7H,4,6,8H2,1-2H3/b5-3+. The quantitative estimate of drug-likeness (QED) is 0.453. The molecular formula is C7H15NO2. The molecule has 0 aromatic rings. The van der Waals surface area contributed by atoms with E-state index in [1.165, 1.54) is 0 Å². The van der Waals surface area contributed by atoms with Crippen molar-refractivity contribution in [2.75, 3.05) is 20.8 Å². The van der Waals surface area contributed by atoms with Crippen LogP contribution in [0.3, 0.4) is 0 Å². The molecule has 0 aliphatic rings. The lowest BCUT2D eigenvalue weighted by Gasteiger charge is -2.06. The first-order chi connectivity index (χ1) is 4.85. The summed E-state index contributed by atoms with van der Waals surface area (Å²) >= 11 is 0. The highest BCUT2D eigenvalue weighted by Gasteiger charge is 1.95. The van der Waals surface area contributed by atoms with Gasteiger partial charge in [-0.15, -0.1) is 0 Å². The maximum atomic E-state index is 5.26. The first-order valence-electron chi connectivity index (χ1n) is 3.27. The van der Waals surface area contributed by atoms with E-state index in [9.17, 15) is 0 Å². The molecule has 10 heavy (non-hydrogen) atoms. The van der Waals surface area contributed by atoms with Gasteiger partial charge in [-0.05, 0) is 19.0 Å². The predicted molar refractivity (Wildman–Crippen MR) is 40.6 cm³/mol. The molecule has 0 aliphatic carbocycles. The van der Waals surface area contributed by atoms with Gasteiger partial charge < -0.3 is 15.2 Å². The van der Waals surface area contributed by atoms with Gasteiger partial charge in [0.2, 0.25) is 0 Å². The summed E-state index contributed by atoms with van der Waals surface area (Å²) < 4.78 is 9.79. The Hall–Kier alpha value is -0.380. The Labute approximate surface area is 61.8 Å². The van der Waals surface area contributed by atoms with E-state index in [1.54, 1.807) is 14.2 Å². The molecule has 0 aromatic heterocycles. The third-order valence-electron chi connectivity index (χ3n) is 1.09. The Bertz CT molecular complexity index is 89.6. The SMILES string of the molecule is COC(/C=C/CCN)OC. The summed E-state index contributed by atoms with van der Waals surface area (Å²) in [4.78, 5) is 0. The first kappa shape index (κ1) is 9.62. The van der Waals surface area contributed by atoms with E-state index in [1.807, 2.05) is 12.2 Å². The van der Waals surface area contributed by atoms with Gasteiger partial charge in [0.1, 0.15) is 0 Å². The van der Waals surface area contributed by atoms with Crippen LogP contribution in [0.15, 0.2) is 12.2 Å². The summed E-state index contributed by atoms with van der Waals surface area (Å²) in [5, 5.41) is 0. The largest absolute Gasteiger partial charge is 0.352 e. The van der Waals surface area contributed by atoms with Crippen molar-refractivity contribution in [3.8, 4) is 0 Å². The maximum absolute atomic E-state index is 5.26. The number of nitrogens with two attached hydrogens (primary N) is 1. The van der Waals surface area contributed by atoms with Gasteiger partial charge in [0.15, 0.2) is 6.29 Å². The van der Waals surface area contributed by atoms with Crippen LogP contribution in [0.1, 0.15) is 6.42 Å². The zero-order valence-electron chi connectivity index (χ0n) is 6.54. The molecule has 0 atom stereocenters. The van der Waals surface area contributed by atoms with Gasteiger partial charge in [-0.3, -0.25) is 0 Å². The van der Waals surface area contributed by atoms with Gasteiger partial charge in [0.05, 0.1) is 0 Å². The van der Waals surface area contributed by atoms with Crippen LogP contribution < -0.4 is 5.73 Å². The molecule has 60 valence electrons. The van der Waals surface area contributed by atoms with Crippen molar-refractivity contribution in [3.05, 3.63) is 12.2 Å². The summed E-state index contributed by atoms with van der Waals surface area (Å²) in [6, 6.07) is 0. The maximum Gasteiger partial charge on any atom is 0.176 e. The third kappa shape index (κ3) is 4.49. The molecule has 0 fully saturated rings. The molecule has 0 radical (unpaired) electrons. The number of methoxy groups -OCH3 is 2. The van der Waals surface area contributed by atoms with Crippen LogP contribution in [0.4, 0.5) is 0 Å². The predicted octanol–water partition coefficient (Wildman–Crippen LogP) is 0.510. The van der Waals surface area contributed by atoms with Crippen LogP contribution in [-0.2, 0) is 9.47 Å². The van der Waals surface area contributed by atoms with E-state index in [2.05, 4.69) is 0 Å². The summed E-state index contributed by atoms with van der Waals surface area (Å²) in [5.41, 5.74) is 5.26. The van der Waals surface area contributed by atoms with Crippen molar-refractivity contribution in [2.45, 2.75) is 12.7 Å². The molecule has 0 saturated carbocycles. The first-order valence-corrected chi connectivity index (χ1v) is 3.27. The van der Waals surface area contributed by atoms with Crippen LogP contribution >= 0.6 is 0 Å². The average molecular weight is 145 g/mol. The summed E-state index contributed by atoms with van der Waals surface area (Å²) in [5.74, 6) is 0.